The second kappa shape index (κ2) is 6.14. The molecular weight excluding hydrogens is 140 g/mol. The average molecular weight is 156 g/mol. The Kier molecular flexibility index (Phi) is 5.81. The lowest BCUT2D eigenvalue weighted by atomic mass is 9.95. The molecule has 64 valence electrons. The van der Waals surface area contributed by atoms with Crippen LogP contribution >= 0.6 is 0 Å². The Morgan fingerprint density at radius 2 is 2.27 bits per heavy atom. The Bertz CT molecular complexity index is 131. The summed E-state index contributed by atoms with van der Waals surface area (Å²) in [7, 11) is 1.62. The standard InChI is InChI=1S/C8H16N2O/c1-3-7(4-5-9)8(10)6-11-2/h7-8H,3-4,6,10H2,1-2H3. The molecule has 0 aromatic carbocycles. The fraction of sp³-hybridized carbons (Fsp3) is 0.875. The second-order valence-electron chi connectivity index (χ2n) is 2.65. The predicted molar refractivity (Wildman–Crippen MR) is 43.9 cm³/mol. The zero-order valence-corrected chi connectivity index (χ0v) is 7.21. The van der Waals surface area contributed by atoms with E-state index in [9.17, 15) is 0 Å². The van der Waals surface area contributed by atoms with Crippen molar-refractivity contribution in [1.29, 1.82) is 5.26 Å². The minimum absolute atomic E-state index is 0.00431. The number of hydrogen-bond acceptors (Lipinski definition) is 3. The number of rotatable bonds is 5. The van der Waals surface area contributed by atoms with E-state index in [4.69, 9.17) is 15.7 Å². The van der Waals surface area contributed by atoms with Gasteiger partial charge >= 0.3 is 0 Å². The van der Waals surface area contributed by atoms with Crippen LogP contribution in [0.2, 0.25) is 0 Å². The Morgan fingerprint density at radius 1 is 1.64 bits per heavy atom. The molecule has 0 aliphatic rings. The van der Waals surface area contributed by atoms with Gasteiger partial charge in [-0.25, -0.2) is 0 Å². The van der Waals surface area contributed by atoms with E-state index in [1.54, 1.807) is 7.11 Å². The first kappa shape index (κ1) is 10.4. The molecule has 0 aliphatic carbocycles. The number of hydrogen-bond donors (Lipinski definition) is 1. The summed E-state index contributed by atoms with van der Waals surface area (Å²) in [5.41, 5.74) is 5.75. The topological polar surface area (TPSA) is 59.0 Å². The van der Waals surface area contributed by atoms with E-state index in [1.807, 2.05) is 6.92 Å². The van der Waals surface area contributed by atoms with E-state index in [2.05, 4.69) is 6.07 Å². The van der Waals surface area contributed by atoms with Crippen molar-refractivity contribution in [1.82, 2.24) is 0 Å². The first-order valence-electron chi connectivity index (χ1n) is 3.87. The van der Waals surface area contributed by atoms with E-state index in [0.717, 1.165) is 6.42 Å². The molecule has 0 fully saturated rings. The van der Waals surface area contributed by atoms with Crippen molar-refractivity contribution in [2.75, 3.05) is 13.7 Å². The third kappa shape index (κ3) is 3.97. The normalized spacial score (nSPS) is 15.5. The molecule has 0 rings (SSSR count). The lowest BCUT2D eigenvalue weighted by Crippen LogP contribution is -2.33. The van der Waals surface area contributed by atoms with E-state index < -0.39 is 0 Å². The third-order valence-electron chi connectivity index (χ3n) is 1.84. The highest BCUT2D eigenvalue weighted by Crippen LogP contribution is 2.10. The summed E-state index contributed by atoms with van der Waals surface area (Å²) >= 11 is 0. The highest BCUT2D eigenvalue weighted by molar-refractivity contribution is 4.81. The molecule has 3 nitrogen and oxygen atoms in total. The smallest absolute Gasteiger partial charge is 0.0625 e. The molecule has 0 aliphatic heterocycles. The van der Waals surface area contributed by atoms with Crippen LogP contribution in [0.3, 0.4) is 0 Å². The Balaban J connectivity index is 3.73. The Morgan fingerprint density at radius 3 is 2.64 bits per heavy atom. The van der Waals surface area contributed by atoms with Crippen molar-refractivity contribution in [3.8, 4) is 6.07 Å². The molecule has 0 aromatic heterocycles. The zero-order chi connectivity index (χ0) is 8.69. The summed E-state index contributed by atoms with van der Waals surface area (Å²) < 4.78 is 4.90. The fourth-order valence-corrected chi connectivity index (χ4v) is 1.04. The van der Waals surface area contributed by atoms with Gasteiger partial charge in [-0.1, -0.05) is 13.3 Å². The maximum Gasteiger partial charge on any atom is 0.0625 e. The summed E-state index contributed by atoms with van der Waals surface area (Å²) in [6.07, 6.45) is 1.47. The van der Waals surface area contributed by atoms with E-state index in [-0.39, 0.29) is 12.0 Å². The summed E-state index contributed by atoms with van der Waals surface area (Å²) in [6, 6.07) is 2.13. The van der Waals surface area contributed by atoms with Gasteiger partial charge in [0, 0.05) is 19.6 Å². The number of methoxy groups -OCH3 is 1. The maximum atomic E-state index is 8.44. The van der Waals surface area contributed by atoms with Gasteiger partial charge in [-0.05, 0) is 5.92 Å². The van der Waals surface area contributed by atoms with E-state index in [0.29, 0.717) is 13.0 Å². The van der Waals surface area contributed by atoms with Crippen LogP contribution in [-0.4, -0.2) is 19.8 Å². The molecule has 2 unspecified atom stereocenters. The highest BCUT2D eigenvalue weighted by atomic mass is 16.5. The average Bonchev–Trinajstić information content (AvgIpc) is 2.00. The summed E-state index contributed by atoms with van der Waals surface area (Å²) in [6.45, 7) is 2.58. The third-order valence-corrected chi connectivity index (χ3v) is 1.84. The van der Waals surface area contributed by atoms with Crippen molar-refractivity contribution in [3.63, 3.8) is 0 Å². The SMILES string of the molecule is CCC(CC#N)C(N)COC. The number of nitrogens with two attached hydrogens (primary N) is 1. The molecule has 2 atom stereocenters. The van der Waals surface area contributed by atoms with Crippen molar-refractivity contribution < 1.29 is 4.74 Å². The minimum Gasteiger partial charge on any atom is -0.383 e. The van der Waals surface area contributed by atoms with Crippen molar-refractivity contribution in [2.45, 2.75) is 25.8 Å². The van der Waals surface area contributed by atoms with Crippen LogP contribution in [0.5, 0.6) is 0 Å². The van der Waals surface area contributed by atoms with Gasteiger partial charge in [-0.2, -0.15) is 5.26 Å². The van der Waals surface area contributed by atoms with Crippen LogP contribution in [0.1, 0.15) is 19.8 Å². The van der Waals surface area contributed by atoms with Crippen LogP contribution in [0, 0.1) is 17.2 Å². The fourth-order valence-electron chi connectivity index (χ4n) is 1.04. The molecule has 0 radical (unpaired) electrons. The van der Waals surface area contributed by atoms with Gasteiger partial charge in [0.2, 0.25) is 0 Å². The van der Waals surface area contributed by atoms with Crippen LogP contribution in [0.15, 0.2) is 0 Å². The molecule has 2 N–H and O–H groups in total. The molecule has 0 saturated carbocycles. The van der Waals surface area contributed by atoms with Gasteiger partial charge in [-0.15, -0.1) is 0 Å². The number of nitriles is 1. The summed E-state index contributed by atoms with van der Waals surface area (Å²) in [5.74, 6) is 0.278. The van der Waals surface area contributed by atoms with Crippen LogP contribution in [0.25, 0.3) is 0 Å². The second-order valence-corrected chi connectivity index (χ2v) is 2.65. The van der Waals surface area contributed by atoms with Gasteiger partial charge in [-0.3, -0.25) is 0 Å². The van der Waals surface area contributed by atoms with Crippen molar-refractivity contribution in [3.05, 3.63) is 0 Å². The monoisotopic (exact) mass is 156 g/mol. The van der Waals surface area contributed by atoms with Crippen LogP contribution in [0.4, 0.5) is 0 Å². The van der Waals surface area contributed by atoms with Gasteiger partial charge in [0.05, 0.1) is 12.7 Å². The van der Waals surface area contributed by atoms with Gasteiger partial charge in [0.1, 0.15) is 0 Å². The molecule has 0 aromatic rings. The Hall–Kier alpha value is -0.590. The highest BCUT2D eigenvalue weighted by Gasteiger charge is 2.14. The lowest BCUT2D eigenvalue weighted by molar-refractivity contribution is 0.156. The molecule has 0 saturated heterocycles. The zero-order valence-electron chi connectivity index (χ0n) is 7.21. The molecule has 11 heavy (non-hydrogen) atoms. The molecule has 0 amide bonds. The summed E-state index contributed by atoms with van der Waals surface area (Å²) in [4.78, 5) is 0. The quantitative estimate of drug-likeness (QED) is 0.643. The van der Waals surface area contributed by atoms with Gasteiger partial charge < -0.3 is 10.5 Å². The van der Waals surface area contributed by atoms with Crippen molar-refractivity contribution >= 4 is 0 Å². The Labute approximate surface area is 68.1 Å². The van der Waals surface area contributed by atoms with Crippen LogP contribution < -0.4 is 5.73 Å². The minimum atomic E-state index is 0.00431. The molecular formula is C8H16N2O. The predicted octanol–water partition coefficient (Wildman–Crippen LogP) is 0.900. The van der Waals surface area contributed by atoms with Gasteiger partial charge in [0.15, 0.2) is 0 Å². The number of nitrogens with zero attached hydrogens (tertiary/aromatic N) is 1. The van der Waals surface area contributed by atoms with E-state index >= 15 is 0 Å². The molecule has 0 heterocycles. The largest absolute Gasteiger partial charge is 0.383 e. The van der Waals surface area contributed by atoms with Crippen LogP contribution in [-0.2, 0) is 4.74 Å². The lowest BCUT2D eigenvalue weighted by Gasteiger charge is -2.18. The maximum absolute atomic E-state index is 8.44. The molecule has 3 heteroatoms. The van der Waals surface area contributed by atoms with Crippen molar-refractivity contribution in [2.24, 2.45) is 11.7 Å². The first-order valence-corrected chi connectivity index (χ1v) is 3.87. The molecule has 0 bridgehead atoms. The van der Waals surface area contributed by atoms with E-state index in [1.165, 1.54) is 0 Å². The first-order chi connectivity index (χ1) is 5.26. The molecule has 0 spiro atoms. The number of ether oxygens (including phenoxy) is 1. The summed E-state index contributed by atoms with van der Waals surface area (Å²) in [5, 5.41) is 8.44. The van der Waals surface area contributed by atoms with Gasteiger partial charge in [0.25, 0.3) is 0 Å².